The number of nitrogens with two attached hydrogens (primary N) is 1. The SMILES string of the molecule is COC(COC1CCC(C(=O)O)CC1)c1nc2c(-c3ccc(-c4ccccc4)nc3)cnn2c(N)c1SC. The van der Waals surface area contributed by atoms with Gasteiger partial charge in [-0.3, -0.25) is 9.78 Å². The van der Waals surface area contributed by atoms with E-state index in [1.165, 1.54) is 11.8 Å². The number of nitrogens with zero attached hydrogens (tertiary/aromatic N) is 4. The first-order valence-corrected chi connectivity index (χ1v) is 13.8. The number of anilines is 1. The van der Waals surface area contributed by atoms with Gasteiger partial charge in [-0.25, -0.2) is 4.98 Å². The second-order valence-corrected chi connectivity index (χ2v) is 10.2. The van der Waals surface area contributed by atoms with E-state index in [0.29, 0.717) is 36.6 Å². The number of hydrogen-bond acceptors (Lipinski definition) is 8. The van der Waals surface area contributed by atoms with E-state index in [-0.39, 0.29) is 12.0 Å². The van der Waals surface area contributed by atoms with Crippen molar-refractivity contribution in [1.29, 1.82) is 0 Å². The number of carboxylic acid groups (broad SMARTS) is 1. The predicted molar refractivity (Wildman–Crippen MR) is 147 cm³/mol. The monoisotopic (exact) mass is 533 g/mol. The highest BCUT2D eigenvalue weighted by atomic mass is 32.2. The number of ether oxygens (including phenoxy) is 2. The van der Waals surface area contributed by atoms with Crippen LogP contribution in [0.1, 0.15) is 37.5 Å². The lowest BCUT2D eigenvalue weighted by Crippen LogP contribution is -2.27. The Morgan fingerprint density at radius 3 is 2.53 bits per heavy atom. The number of thioether (sulfide) groups is 1. The van der Waals surface area contributed by atoms with E-state index >= 15 is 0 Å². The smallest absolute Gasteiger partial charge is 0.306 e. The first-order valence-electron chi connectivity index (χ1n) is 12.6. The molecule has 0 spiro atoms. The lowest BCUT2D eigenvalue weighted by atomic mass is 9.87. The Balaban J connectivity index is 1.42. The summed E-state index contributed by atoms with van der Waals surface area (Å²) in [5, 5.41) is 13.8. The van der Waals surface area contributed by atoms with Gasteiger partial charge in [-0.15, -0.1) is 11.8 Å². The van der Waals surface area contributed by atoms with Crippen LogP contribution in [-0.2, 0) is 14.3 Å². The van der Waals surface area contributed by atoms with Crippen LogP contribution in [0.2, 0.25) is 0 Å². The molecule has 9 nitrogen and oxygen atoms in total. The van der Waals surface area contributed by atoms with Gasteiger partial charge in [0.05, 0.1) is 41.1 Å². The van der Waals surface area contributed by atoms with E-state index in [1.54, 1.807) is 17.8 Å². The molecule has 198 valence electrons. The van der Waals surface area contributed by atoms with Crippen LogP contribution in [0, 0.1) is 5.92 Å². The molecule has 3 heterocycles. The quantitative estimate of drug-likeness (QED) is 0.282. The number of aliphatic carboxylic acids is 1. The van der Waals surface area contributed by atoms with E-state index in [2.05, 4.69) is 10.1 Å². The molecular formula is C28H31N5O4S. The molecule has 1 aliphatic carbocycles. The van der Waals surface area contributed by atoms with Gasteiger partial charge in [0.25, 0.3) is 0 Å². The van der Waals surface area contributed by atoms with Crippen LogP contribution in [0.25, 0.3) is 28.0 Å². The second-order valence-electron chi connectivity index (χ2n) is 9.38. The number of methoxy groups -OCH3 is 1. The molecule has 1 aliphatic rings. The molecule has 0 radical (unpaired) electrons. The summed E-state index contributed by atoms with van der Waals surface area (Å²) < 4.78 is 13.7. The van der Waals surface area contributed by atoms with Crippen LogP contribution in [-0.4, -0.2) is 56.7 Å². The Morgan fingerprint density at radius 2 is 1.89 bits per heavy atom. The number of nitrogen functional groups attached to an aromatic ring is 1. The minimum Gasteiger partial charge on any atom is -0.481 e. The van der Waals surface area contributed by atoms with Crippen molar-refractivity contribution in [2.24, 2.45) is 5.92 Å². The van der Waals surface area contributed by atoms with E-state index in [0.717, 1.165) is 40.1 Å². The number of carboxylic acids is 1. The standard InChI is InChI=1S/C28H31N5O4S/c1-36-23(16-37-20-11-8-18(9-12-20)28(34)35)24-25(38-2)26(29)33-27(32-24)21(15-31-33)19-10-13-22(30-14-19)17-6-4-3-5-7-17/h3-7,10,13-15,18,20,23H,8-9,11-12,16,29H2,1-2H3,(H,34,35). The number of fused-ring (bicyclic) bond motifs is 1. The summed E-state index contributed by atoms with van der Waals surface area (Å²) in [5.74, 6) is -0.518. The van der Waals surface area contributed by atoms with Crippen LogP contribution in [0.4, 0.5) is 5.82 Å². The molecule has 4 aromatic rings. The zero-order valence-electron chi connectivity index (χ0n) is 21.4. The lowest BCUT2D eigenvalue weighted by molar-refractivity contribution is -0.144. The van der Waals surface area contributed by atoms with Gasteiger partial charge in [-0.1, -0.05) is 36.4 Å². The normalized spacial score (nSPS) is 18.5. The predicted octanol–water partition coefficient (Wildman–Crippen LogP) is 5.11. The third-order valence-corrected chi connectivity index (χ3v) is 7.93. The topological polar surface area (TPSA) is 125 Å². The van der Waals surface area contributed by atoms with Crippen LogP contribution in [0.15, 0.2) is 59.8 Å². The number of rotatable bonds is 9. The highest BCUT2D eigenvalue weighted by Crippen LogP contribution is 2.36. The first-order chi connectivity index (χ1) is 18.5. The third kappa shape index (κ3) is 5.24. The highest BCUT2D eigenvalue weighted by molar-refractivity contribution is 7.98. The van der Waals surface area contributed by atoms with Crippen molar-refractivity contribution in [3.05, 3.63) is 60.6 Å². The Hall–Kier alpha value is -3.47. The number of pyridine rings is 1. The number of aromatic nitrogens is 4. The molecule has 0 amide bonds. The molecule has 3 aromatic heterocycles. The first kappa shape index (κ1) is 26.1. The Morgan fingerprint density at radius 1 is 1.13 bits per heavy atom. The zero-order chi connectivity index (χ0) is 26.6. The Bertz CT molecular complexity index is 1400. The Kier molecular flexibility index (Phi) is 7.92. The van der Waals surface area contributed by atoms with Gasteiger partial charge in [0.15, 0.2) is 5.65 Å². The van der Waals surface area contributed by atoms with Crippen LogP contribution < -0.4 is 5.73 Å². The molecule has 1 saturated carbocycles. The van der Waals surface area contributed by atoms with Gasteiger partial charge in [0, 0.05) is 30.0 Å². The van der Waals surface area contributed by atoms with Gasteiger partial charge < -0.3 is 20.3 Å². The van der Waals surface area contributed by atoms with Crippen molar-refractivity contribution in [2.75, 3.05) is 25.7 Å². The number of hydrogen-bond donors (Lipinski definition) is 2. The van der Waals surface area contributed by atoms with Crippen molar-refractivity contribution in [3.8, 4) is 22.4 Å². The molecule has 1 unspecified atom stereocenters. The van der Waals surface area contributed by atoms with Crippen LogP contribution >= 0.6 is 11.8 Å². The summed E-state index contributed by atoms with van der Waals surface area (Å²) in [5.41, 5.74) is 11.5. The molecule has 1 atom stereocenters. The summed E-state index contributed by atoms with van der Waals surface area (Å²) in [6.07, 6.45) is 7.77. The van der Waals surface area contributed by atoms with Gasteiger partial charge >= 0.3 is 5.97 Å². The van der Waals surface area contributed by atoms with Crippen LogP contribution in [0.3, 0.4) is 0 Å². The molecule has 0 aliphatic heterocycles. The van der Waals surface area contributed by atoms with E-state index < -0.39 is 12.1 Å². The maximum Gasteiger partial charge on any atom is 0.306 e. The molecule has 1 aromatic carbocycles. The minimum absolute atomic E-state index is 0.00166. The van der Waals surface area contributed by atoms with Crippen molar-refractivity contribution < 1.29 is 19.4 Å². The van der Waals surface area contributed by atoms with Gasteiger partial charge in [-0.2, -0.15) is 9.61 Å². The van der Waals surface area contributed by atoms with E-state index in [4.69, 9.17) is 20.2 Å². The summed E-state index contributed by atoms with van der Waals surface area (Å²) in [4.78, 5) is 21.7. The maximum absolute atomic E-state index is 11.3. The highest BCUT2D eigenvalue weighted by Gasteiger charge is 2.29. The fraction of sp³-hybridized carbons (Fsp3) is 0.357. The maximum atomic E-state index is 11.3. The average Bonchev–Trinajstić information content (AvgIpc) is 3.39. The molecular weight excluding hydrogens is 502 g/mol. The van der Waals surface area contributed by atoms with E-state index in [1.807, 2.05) is 54.9 Å². The van der Waals surface area contributed by atoms with Gasteiger partial charge in [0.2, 0.25) is 0 Å². The molecule has 0 saturated heterocycles. The fourth-order valence-corrected chi connectivity index (χ4v) is 5.62. The van der Waals surface area contributed by atoms with Crippen molar-refractivity contribution >= 4 is 29.2 Å². The number of benzene rings is 1. The molecule has 1 fully saturated rings. The fourth-order valence-electron chi connectivity index (χ4n) is 4.94. The Labute approximate surface area is 225 Å². The minimum atomic E-state index is -0.725. The van der Waals surface area contributed by atoms with E-state index in [9.17, 15) is 9.90 Å². The zero-order valence-corrected chi connectivity index (χ0v) is 22.2. The molecule has 10 heteroatoms. The lowest BCUT2D eigenvalue weighted by Gasteiger charge is -2.28. The van der Waals surface area contributed by atoms with Crippen LogP contribution in [0.5, 0.6) is 0 Å². The summed E-state index contributed by atoms with van der Waals surface area (Å²) in [6.45, 7) is 0.297. The second kappa shape index (κ2) is 11.5. The van der Waals surface area contributed by atoms with Crippen molar-refractivity contribution in [1.82, 2.24) is 19.6 Å². The molecule has 3 N–H and O–H groups in total. The molecule has 5 rings (SSSR count). The van der Waals surface area contributed by atoms with Crippen molar-refractivity contribution in [3.63, 3.8) is 0 Å². The largest absolute Gasteiger partial charge is 0.481 e. The average molecular weight is 534 g/mol. The van der Waals surface area contributed by atoms with Gasteiger partial charge in [0.1, 0.15) is 11.9 Å². The third-order valence-electron chi connectivity index (χ3n) is 7.11. The van der Waals surface area contributed by atoms with Gasteiger partial charge in [-0.05, 0) is 38.0 Å². The summed E-state index contributed by atoms with van der Waals surface area (Å²) >= 11 is 1.49. The molecule has 0 bridgehead atoms. The summed E-state index contributed by atoms with van der Waals surface area (Å²) in [7, 11) is 1.63. The summed E-state index contributed by atoms with van der Waals surface area (Å²) in [6, 6.07) is 14.0. The van der Waals surface area contributed by atoms with Crippen molar-refractivity contribution in [2.45, 2.75) is 42.8 Å². The number of carbonyl (C=O) groups is 1. The molecule has 38 heavy (non-hydrogen) atoms.